The summed E-state index contributed by atoms with van der Waals surface area (Å²) < 4.78 is 38.1. The molecule has 9 heteroatoms. The van der Waals surface area contributed by atoms with Gasteiger partial charge >= 0.3 is 0 Å². The lowest BCUT2D eigenvalue weighted by atomic mass is 10.3. The minimum atomic E-state index is -3.69. The van der Waals surface area contributed by atoms with Gasteiger partial charge in [0.15, 0.2) is 0 Å². The number of aromatic nitrogens is 1. The highest BCUT2D eigenvalue weighted by Gasteiger charge is 2.15. The molecule has 0 amide bonds. The average molecular weight is 433 g/mol. The van der Waals surface area contributed by atoms with Crippen molar-refractivity contribution in [3.05, 3.63) is 45.0 Å². The maximum Gasteiger partial charge on any atom is 0.294 e. The third-order valence-electron chi connectivity index (χ3n) is 3.11. The van der Waals surface area contributed by atoms with Crippen LogP contribution in [0.4, 0.5) is 0 Å². The zero-order valence-corrected chi connectivity index (χ0v) is 16.1. The molecule has 5 nitrogen and oxygen atoms in total. The summed E-state index contributed by atoms with van der Waals surface area (Å²) in [6, 6.07) is 9.10. The number of ether oxygens (including phenoxy) is 1. The summed E-state index contributed by atoms with van der Waals surface area (Å²) in [6.07, 6.45) is 0. The zero-order chi connectivity index (χ0) is 16.4. The van der Waals surface area contributed by atoms with E-state index in [1.807, 2.05) is 22.8 Å². The maximum absolute atomic E-state index is 12.4. The molecule has 0 N–H and O–H groups in total. The largest absolute Gasteiger partial charge is 0.383 e. The van der Waals surface area contributed by atoms with Crippen molar-refractivity contribution in [2.75, 3.05) is 13.7 Å². The Hall–Kier alpha value is -1.00. The Morgan fingerprint density at radius 3 is 2.87 bits per heavy atom. The second kappa shape index (κ2) is 6.86. The summed E-state index contributed by atoms with van der Waals surface area (Å²) in [6.45, 7) is 1.02. The predicted molar refractivity (Wildman–Crippen MR) is 96.5 cm³/mol. The molecule has 0 saturated heterocycles. The van der Waals surface area contributed by atoms with Gasteiger partial charge in [-0.25, -0.2) is 0 Å². The van der Waals surface area contributed by atoms with E-state index in [0.29, 0.717) is 18.0 Å². The first-order valence-corrected chi connectivity index (χ1v) is 10.6. The molecule has 0 atom stereocenters. The van der Waals surface area contributed by atoms with Crippen molar-refractivity contribution in [1.82, 2.24) is 4.57 Å². The summed E-state index contributed by atoms with van der Waals surface area (Å²) in [5.74, 6) is 0. The van der Waals surface area contributed by atoms with Crippen molar-refractivity contribution in [1.29, 1.82) is 0 Å². The van der Waals surface area contributed by atoms with Crippen molar-refractivity contribution < 1.29 is 13.2 Å². The fourth-order valence-corrected chi connectivity index (χ4v) is 5.85. The quantitative estimate of drug-likeness (QED) is 0.619. The highest BCUT2D eigenvalue weighted by molar-refractivity contribution is 9.10. The van der Waals surface area contributed by atoms with Gasteiger partial charge in [-0.15, -0.1) is 15.7 Å². The molecule has 0 aliphatic carbocycles. The lowest BCUT2D eigenvalue weighted by Gasteiger charge is -2.04. The SMILES string of the molecule is COCCn1/c(=N/S(=O)(=O)c2cccs2)sc2cc(Br)ccc21. The molecule has 3 rings (SSSR count). The average Bonchev–Trinajstić information content (AvgIpc) is 3.12. The summed E-state index contributed by atoms with van der Waals surface area (Å²) in [5.41, 5.74) is 0.940. The molecular formula is C14H13BrN2O3S3. The standard InChI is InChI=1S/C14H13BrN2O3S3/c1-20-7-6-17-11-5-4-10(15)9-12(11)22-14(17)16-23(18,19)13-3-2-8-21-13/h2-5,8-9H,6-7H2,1H3/b16-14-. The Morgan fingerprint density at radius 2 is 2.17 bits per heavy atom. The van der Waals surface area contributed by atoms with E-state index in [1.165, 1.54) is 11.3 Å². The van der Waals surface area contributed by atoms with Crippen LogP contribution in [0.2, 0.25) is 0 Å². The summed E-state index contributed by atoms with van der Waals surface area (Å²) in [5, 5.41) is 1.73. The Kier molecular flexibility index (Phi) is 5.02. The van der Waals surface area contributed by atoms with Crippen molar-refractivity contribution in [2.24, 2.45) is 4.40 Å². The fraction of sp³-hybridized carbons (Fsp3) is 0.214. The van der Waals surface area contributed by atoms with Crippen LogP contribution in [0.25, 0.3) is 10.2 Å². The Bertz CT molecular complexity index is 988. The molecule has 0 fully saturated rings. The van der Waals surface area contributed by atoms with Crippen LogP contribution in [-0.2, 0) is 21.3 Å². The smallest absolute Gasteiger partial charge is 0.294 e. The molecule has 0 saturated carbocycles. The first kappa shape index (κ1) is 16.8. The number of thiophene rings is 1. The molecule has 1 aromatic carbocycles. The van der Waals surface area contributed by atoms with E-state index in [2.05, 4.69) is 20.3 Å². The number of rotatable bonds is 5. The van der Waals surface area contributed by atoms with E-state index in [-0.39, 0.29) is 4.21 Å². The molecule has 122 valence electrons. The van der Waals surface area contributed by atoms with Crippen LogP contribution in [0.5, 0.6) is 0 Å². The van der Waals surface area contributed by atoms with Gasteiger partial charge in [0.1, 0.15) is 4.21 Å². The van der Waals surface area contributed by atoms with Crippen LogP contribution in [0.1, 0.15) is 0 Å². The van der Waals surface area contributed by atoms with Crippen molar-refractivity contribution in [2.45, 2.75) is 10.8 Å². The van der Waals surface area contributed by atoms with Gasteiger partial charge in [0, 0.05) is 18.1 Å². The molecule has 0 bridgehead atoms. The van der Waals surface area contributed by atoms with Gasteiger partial charge in [-0.3, -0.25) is 0 Å². The van der Waals surface area contributed by atoms with E-state index in [4.69, 9.17) is 4.74 Å². The second-order valence-corrected chi connectivity index (χ2v) is 9.34. The summed E-state index contributed by atoms with van der Waals surface area (Å²) >= 11 is 5.95. The molecule has 0 radical (unpaired) electrons. The third-order valence-corrected chi connectivity index (χ3v) is 7.40. The van der Waals surface area contributed by atoms with Crippen LogP contribution in [-0.4, -0.2) is 26.7 Å². The van der Waals surface area contributed by atoms with Gasteiger partial charge in [0.2, 0.25) is 4.80 Å². The second-order valence-electron chi connectivity index (χ2n) is 4.64. The van der Waals surface area contributed by atoms with Crippen LogP contribution in [0.3, 0.4) is 0 Å². The van der Waals surface area contributed by atoms with Crippen LogP contribution < -0.4 is 4.80 Å². The van der Waals surface area contributed by atoms with E-state index >= 15 is 0 Å². The number of hydrogen-bond acceptors (Lipinski definition) is 5. The number of hydrogen-bond donors (Lipinski definition) is 0. The highest BCUT2D eigenvalue weighted by atomic mass is 79.9. The lowest BCUT2D eigenvalue weighted by molar-refractivity contribution is 0.187. The Balaban J connectivity index is 2.21. The van der Waals surface area contributed by atoms with E-state index in [9.17, 15) is 8.42 Å². The van der Waals surface area contributed by atoms with Crippen molar-refractivity contribution >= 4 is 58.8 Å². The predicted octanol–water partition coefficient (Wildman–Crippen LogP) is 3.46. The lowest BCUT2D eigenvalue weighted by Crippen LogP contribution is -2.19. The molecular weight excluding hydrogens is 420 g/mol. The first-order chi connectivity index (χ1) is 11.0. The monoisotopic (exact) mass is 432 g/mol. The molecule has 0 spiro atoms. The van der Waals surface area contributed by atoms with E-state index in [0.717, 1.165) is 26.0 Å². The molecule has 23 heavy (non-hydrogen) atoms. The minimum Gasteiger partial charge on any atom is -0.383 e. The molecule has 0 aliphatic heterocycles. The molecule has 0 aliphatic rings. The van der Waals surface area contributed by atoms with Crippen molar-refractivity contribution in [3.8, 4) is 0 Å². The van der Waals surface area contributed by atoms with Crippen molar-refractivity contribution in [3.63, 3.8) is 0 Å². The van der Waals surface area contributed by atoms with Gasteiger partial charge < -0.3 is 9.30 Å². The van der Waals surface area contributed by atoms with Gasteiger partial charge in [-0.2, -0.15) is 8.42 Å². The normalized spacial score (nSPS) is 13.0. The summed E-state index contributed by atoms with van der Waals surface area (Å²) in [4.78, 5) is 0.448. The number of sulfonamides is 1. The number of fused-ring (bicyclic) bond motifs is 1. The Morgan fingerprint density at radius 1 is 1.35 bits per heavy atom. The van der Waals surface area contributed by atoms with Gasteiger partial charge in [0.05, 0.1) is 16.8 Å². The van der Waals surface area contributed by atoms with Gasteiger partial charge in [0.25, 0.3) is 10.0 Å². The third kappa shape index (κ3) is 3.58. The maximum atomic E-state index is 12.4. The highest BCUT2D eigenvalue weighted by Crippen LogP contribution is 2.23. The fourth-order valence-electron chi connectivity index (χ4n) is 2.07. The molecule has 3 aromatic rings. The van der Waals surface area contributed by atoms with Crippen LogP contribution >= 0.6 is 38.6 Å². The number of nitrogens with zero attached hydrogens (tertiary/aromatic N) is 2. The zero-order valence-electron chi connectivity index (χ0n) is 12.1. The Labute approximate surface area is 150 Å². The molecule has 2 heterocycles. The number of benzene rings is 1. The number of halogens is 1. The first-order valence-electron chi connectivity index (χ1n) is 6.63. The minimum absolute atomic E-state index is 0.245. The van der Waals surface area contributed by atoms with Crippen LogP contribution in [0, 0.1) is 0 Å². The molecule has 2 aromatic heterocycles. The van der Waals surface area contributed by atoms with Gasteiger partial charge in [-0.05, 0) is 29.6 Å². The van der Waals surface area contributed by atoms with E-state index < -0.39 is 10.0 Å². The van der Waals surface area contributed by atoms with Gasteiger partial charge in [-0.1, -0.05) is 33.3 Å². The number of thiazole rings is 1. The topological polar surface area (TPSA) is 60.7 Å². The van der Waals surface area contributed by atoms with E-state index in [1.54, 1.807) is 24.6 Å². The van der Waals surface area contributed by atoms with Crippen LogP contribution in [0.15, 0.2) is 48.8 Å². The molecule has 0 unspecified atom stereocenters. The number of methoxy groups -OCH3 is 1. The summed E-state index contributed by atoms with van der Waals surface area (Å²) in [7, 11) is -2.08.